The summed E-state index contributed by atoms with van der Waals surface area (Å²) in [5.74, 6) is 0.353. The van der Waals surface area contributed by atoms with Crippen molar-refractivity contribution in [3.05, 3.63) is 34.3 Å². The third kappa shape index (κ3) is 3.33. The zero-order valence-corrected chi connectivity index (χ0v) is 12.8. The largest absolute Gasteiger partial charge is 0.309 e. The highest BCUT2D eigenvalue weighted by Gasteiger charge is 2.31. The second-order valence-electron chi connectivity index (χ2n) is 4.81. The molecule has 3 nitrogen and oxygen atoms in total. The molecular weight excluding hydrogens is 314 g/mol. The summed E-state index contributed by atoms with van der Waals surface area (Å²) in [5.41, 5.74) is 1.17. The van der Waals surface area contributed by atoms with E-state index >= 15 is 0 Å². The van der Waals surface area contributed by atoms with Crippen LogP contribution in [0.2, 0.25) is 0 Å². The van der Waals surface area contributed by atoms with Crippen LogP contribution in [0.3, 0.4) is 0 Å². The van der Waals surface area contributed by atoms with Crippen molar-refractivity contribution >= 4 is 25.8 Å². The summed E-state index contributed by atoms with van der Waals surface area (Å²) in [6.45, 7) is 2.62. The van der Waals surface area contributed by atoms with Crippen molar-refractivity contribution in [1.29, 1.82) is 0 Å². The lowest BCUT2D eigenvalue weighted by Crippen LogP contribution is -2.32. The van der Waals surface area contributed by atoms with Gasteiger partial charge in [-0.2, -0.15) is 0 Å². The number of benzene rings is 1. The highest BCUT2D eigenvalue weighted by molar-refractivity contribution is 9.10. The number of nitrogens with one attached hydrogen (secondary N) is 1. The molecule has 18 heavy (non-hydrogen) atoms. The van der Waals surface area contributed by atoms with E-state index in [0.717, 1.165) is 17.3 Å². The first-order valence-electron chi connectivity index (χ1n) is 6.19. The normalized spacial score (nSPS) is 24.0. The van der Waals surface area contributed by atoms with E-state index in [2.05, 4.69) is 28.2 Å². The summed E-state index contributed by atoms with van der Waals surface area (Å²) in [5, 5.41) is 3.12. The van der Waals surface area contributed by atoms with Crippen LogP contribution < -0.4 is 5.32 Å². The predicted octanol–water partition coefficient (Wildman–Crippen LogP) is 2.68. The van der Waals surface area contributed by atoms with Crippen LogP contribution in [0, 0.1) is 0 Å². The van der Waals surface area contributed by atoms with Crippen molar-refractivity contribution in [3.63, 3.8) is 0 Å². The minimum absolute atomic E-state index is 0.175. The number of sulfone groups is 1. The average molecular weight is 332 g/mol. The van der Waals surface area contributed by atoms with E-state index in [-0.39, 0.29) is 11.3 Å². The summed E-state index contributed by atoms with van der Waals surface area (Å²) in [6.07, 6.45) is 1.60. The van der Waals surface area contributed by atoms with Gasteiger partial charge in [0.1, 0.15) is 0 Å². The fourth-order valence-electron chi connectivity index (χ4n) is 2.26. The fraction of sp³-hybridized carbons (Fsp3) is 0.538. The maximum absolute atomic E-state index is 11.7. The molecule has 1 aliphatic heterocycles. The molecule has 1 aromatic rings. The van der Waals surface area contributed by atoms with Crippen LogP contribution in [0.4, 0.5) is 0 Å². The van der Waals surface area contributed by atoms with E-state index in [1.807, 2.05) is 24.3 Å². The zero-order chi connectivity index (χ0) is 13.2. The fourth-order valence-corrected chi connectivity index (χ4v) is 4.31. The van der Waals surface area contributed by atoms with E-state index < -0.39 is 9.84 Å². The first-order chi connectivity index (χ1) is 8.49. The van der Waals surface area contributed by atoms with Crippen LogP contribution in [0.25, 0.3) is 0 Å². The number of halogens is 1. The van der Waals surface area contributed by atoms with Gasteiger partial charge in [0.15, 0.2) is 9.84 Å². The topological polar surface area (TPSA) is 46.2 Å². The van der Waals surface area contributed by atoms with Gasteiger partial charge in [-0.05, 0) is 37.5 Å². The Labute approximate surface area is 117 Å². The van der Waals surface area contributed by atoms with Crippen LogP contribution in [0.5, 0.6) is 0 Å². The summed E-state index contributed by atoms with van der Waals surface area (Å²) < 4.78 is 24.5. The SMILES string of the molecule is CC(NCC1CCCS1(=O)=O)c1ccc(Br)cc1. The van der Waals surface area contributed by atoms with Gasteiger partial charge in [-0.25, -0.2) is 8.42 Å². The molecule has 0 amide bonds. The molecular formula is C13H18BrNO2S. The van der Waals surface area contributed by atoms with Crippen molar-refractivity contribution in [3.8, 4) is 0 Å². The van der Waals surface area contributed by atoms with Gasteiger partial charge in [-0.15, -0.1) is 0 Å². The molecule has 2 rings (SSSR count). The quantitative estimate of drug-likeness (QED) is 0.922. The second kappa shape index (κ2) is 5.72. The molecule has 0 spiro atoms. The van der Waals surface area contributed by atoms with E-state index in [9.17, 15) is 8.42 Å². The van der Waals surface area contributed by atoms with Crippen molar-refractivity contribution in [2.24, 2.45) is 0 Å². The summed E-state index contributed by atoms with van der Waals surface area (Å²) in [7, 11) is -2.84. The lowest BCUT2D eigenvalue weighted by molar-refractivity contribution is 0.538. The molecule has 2 atom stereocenters. The molecule has 0 bridgehead atoms. The Morgan fingerprint density at radius 3 is 2.61 bits per heavy atom. The Morgan fingerprint density at radius 1 is 1.39 bits per heavy atom. The van der Waals surface area contributed by atoms with E-state index in [0.29, 0.717) is 12.3 Å². The van der Waals surface area contributed by atoms with Gasteiger partial charge < -0.3 is 5.32 Å². The van der Waals surface area contributed by atoms with Crippen molar-refractivity contribution in [2.75, 3.05) is 12.3 Å². The first kappa shape index (κ1) is 14.0. The van der Waals surface area contributed by atoms with E-state index in [1.54, 1.807) is 0 Å². The Balaban J connectivity index is 1.92. The number of hydrogen-bond acceptors (Lipinski definition) is 3. The van der Waals surface area contributed by atoms with Crippen LogP contribution in [0.15, 0.2) is 28.7 Å². The van der Waals surface area contributed by atoms with Crippen LogP contribution >= 0.6 is 15.9 Å². The predicted molar refractivity (Wildman–Crippen MR) is 77.4 cm³/mol. The zero-order valence-electron chi connectivity index (χ0n) is 10.4. The molecule has 1 aliphatic rings. The van der Waals surface area contributed by atoms with Gasteiger partial charge in [0.25, 0.3) is 0 Å². The van der Waals surface area contributed by atoms with Crippen LogP contribution in [-0.2, 0) is 9.84 Å². The molecule has 1 aromatic carbocycles. The summed E-state index contributed by atoms with van der Waals surface area (Å²) in [4.78, 5) is 0. The van der Waals surface area contributed by atoms with Gasteiger partial charge in [0.2, 0.25) is 0 Å². The Hall–Kier alpha value is -0.390. The molecule has 2 unspecified atom stereocenters. The standard InChI is InChI=1S/C13H18BrNO2S/c1-10(11-4-6-12(14)7-5-11)15-9-13-3-2-8-18(13,16)17/h4-7,10,13,15H,2-3,8-9H2,1H3. The highest BCUT2D eigenvalue weighted by Crippen LogP contribution is 2.21. The molecule has 5 heteroatoms. The molecule has 1 N–H and O–H groups in total. The molecule has 1 fully saturated rings. The van der Waals surface area contributed by atoms with Crippen molar-refractivity contribution in [1.82, 2.24) is 5.32 Å². The molecule has 0 aromatic heterocycles. The van der Waals surface area contributed by atoms with Gasteiger partial charge in [-0.1, -0.05) is 28.1 Å². The number of hydrogen-bond donors (Lipinski definition) is 1. The first-order valence-corrected chi connectivity index (χ1v) is 8.70. The summed E-state index contributed by atoms with van der Waals surface area (Å²) >= 11 is 3.40. The molecule has 0 aliphatic carbocycles. The lowest BCUT2D eigenvalue weighted by Gasteiger charge is -2.17. The third-order valence-electron chi connectivity index (χ3n) is 3.48. The lowest BCUT2D eigenvalue weighted by atomic mass is 10.1. The third-order valence-corrected chi connectivity index (χ3v) is 6.29. The van der Waals surface area contributed by atoms with Gasteiger partial charge in [-0.3, -0.25) is 0 Å². The minimum Gasteiger partial charge on any atom is -0.309 e. The maximum atomic E-state index is 11.7. The van der Waals surface area contributed by atoms with Crippen molar-refractivity contribution < 1.29 is 8.42 Å². The van der Waals surface area contributed by atoms with Gasteiger partial charge in [0, 0.05) is 17.1 Å². The van der Waals surface area contributed by atoms with E-state index in [1.165, 1.54) is 5.56 Å². The highest BCUT2D eigenvalue weighted by atomic mass is 79.9. The van der Waals surface area contributed by atoms with E-state index in [4.69, 9.17) is 0 Å². The molecule has 0 saturated carbocycles. The Kier molecular flexibility index (Phi) is 4.45. The van der Waals surface area contributed by atoms with Gasteiger partial charge in [0.05, 0.1) is 11.0 Å². The van der Waals surface area contributed by atoms with Gasteiger partial charge >= 0.3 is 0 Å². The Morgan fingerprint density at radius 2 is 2.06 bits per heavy atom. The monoisotopic (exact) mass is 331 g/mol. The Bertz CT molecular complexity index is 498. The van der Waals surface area contributed by atoms with Crippen LogP contribution in [-0.4, -0.2) is 26.0 Å². The second-order valence-corrected chi connectivity index (χ2v) is 8.13. The summed E-state index contributed by atoms with van der Waals surface area (Å²) in [6, 6.07) is 8.27. The minimum atomic E-state index is -2.84. The number of rotatable bonds is 4. The molecule has 0 radical (unpaired) electrons. The molecule has 100 valence electrons. The molecule has 1 heterocycles. The maximum Gasteiger partial charge on any atom is 0.154 e. The van der Waals surface area contributed by atoms with Crippen LogP contribution in [0.1, 0.15) is 31.4 Å². The smallest absolute Gasteiger partial charge is 0.154 e. The van der Waals surface area contributed by atoms with Crippen molar-refractivity contribution in [2.45, 2.75) is 31.1 Å². The average Bonchev–Trinajstić information content (AvgIpc) is 2.66. The molecule has 1 saturated heterocycles.